The largest absolute Gasteiger partial charge is 0.391 e. The van der Waals surface area contributed by atoms with E-state index in [9.17, 15) is 9.59 Å². The summed E-state index contributed by atoms with van der Waals surface area (Å²) in [6.07, 6.45) is 0.368. The van der Waals surface area contributed by atoms with Gasteiger partial charge in [-0.3, -0.25) is 4.79 Å². The van der Waals surface area contributed by atoms with Crippen LogP contribution in [0.15, 0.2) is 28.6 Å². The Hall–Kier alpha value is -2.77. The number of nitrogens with one attached hydrogen (secondary N) is 2. The molecule has 0 spiro atoms. The SMILES string of the molecule is CCC(=O)/C(C)=N/OCc1c(C)cccc1NC(=O)N(C)N=N. The van der Waals surface area contributed by atoms with Crippen LogP contribution in [0, 0.1) is 12.5 Å². The quantitative estimate of drug-likeness (QED) is 0.457. The Morgan fingerprint density at radius 2 is 2.09 bits per heavy atom. The molecule has 2 amide bonds. The molecule has 0 aliphatic heterocycles. The van der Waals surface area contributed by atoms with Crippen molar-refractivity contribution >= 4 is 23.2 Å². The Balaban J connectivity index is 2.88. The maximum atomic E-state index is 11.8. The van der Waals surface area contributed by atoms with Crippen LogP contribution in [0.3, 0.4) is 0 Å². The van der Waals surface area contributed by atoms with Crippen LogP contribution in [0.25, 0.3) is 0 Å². The number of carbonyl (C=O) groups excluding carboxylic acids is 2. The van der Waals surface area contributed by atoms with Gasteiger partial charge in [0.05, 0.1) is 0 Å². The van der Waals surface area contributed by atoms with Crippen LogP contribution in [-0.2, 0) is 16.2 Å². The lowest BCUT2D eigenvalue weighted by atomic mass is 10.1. The first-order chi connectivity index (χ1) is 10.9. The number of ketones is 1. The van der Waals surface area contributed by atoms with Crippen LogP contribution >= 0.6 is 0 Å². The molecule has 0 bridgehead atoms. The number of anilines is 1. The van der Waals surface area contributed by atoms with Crippen molar-refractivity contribution < 1.29 is 14.4 Å². The molecule has 2 N–H and O–H groups in total. The smallest absolute Gasteiger partial charge is 0.343 e. The van der Waals surface area contributed by atoms with Gasteiger partial charge >= 0.3 is 6.03 Å². The van der Waals surface area contributed by atoms with Crippen molar-refractivity contribution in [2.24, 2.45) is 10.4 Å². The predicted octanol–water partition coefficient (Wildman–Crippen LogP) is 3.28. The monoisotopic (exact) mass is 319 g/mol. The second-order valence-corrected chi connectivity index (χ2v) is 4.88. The summed E-state index contributed by atoms with van der Waals surface area (Å²) < 4.78 is 0. The summed E-state index contributed by atoms with van der Waals surface area (Å²) in [5.74, 6) is -0.0815. The highest BCUT2D eigenvalue weighted by Crippen LogP contribution is 2.21. The number of amides is 2. The van der Waals surface area contributed by atoms with Crippen LogP contribution in [0.2, 0.25) is 0 Å². The molecule has 0 atom stereocenters. The second-order valence-electron chi connectivity index (χ2n) is 4.88. The van der Waals surface area contributed by atoms with Gasteiger partial charge in [-0.25, -0.2) is 4.79 Å². The number of benzene rings is 1. The lowest BCUT2D eigenvalue weighted by molar-refractivity contribution is -0.112. The van der Waals surface area contributed by atoms with E-state index < -0.39 is 6.03 Å². The van der Waals surface area contributed by atoms with E-state index in [1.807, 2.05) is 13.0 Å². The average Bonchev–Trinajstić information content (AvgIpc) is 2.55. The number of Topliss-reactive ketones (excluding diaryl/α,β-unsaturated/α-hetero) is 1. The summed E-state index contributed by atoms with van der Waals surface area (Å²) in [4.78, 5) is 28.5. The predicted molar refractivity (Wildman–Crippen MR) is 86.3 cm³/mol. The Labute approximate surface area is 135 Å². The van der Waals surface area contributed by atoms with Gasteiger partial charge in [0.2, 0.25) is 0 Å². The Bertz CT molecular complexity index is 628. The van der Waals surface area contributed by atoms with Gasteiger partial charge in [-0.05, 0) is 25.5 Å². The third kappa shape index (κ3) is 5.17. The highest BCUT2D eigenvalue weighted by Gasteiger charge is 2.12. The van der Waals surface area contributed by atoms with Crippen LogP contribution in [0.4, 0.5) is 10.5 Å². The summed E-state index contributed by atoms with van der Waals surface area (Å²) >= 11 is 0. The van der Waals surface area contributed by atoms with Crippen LogP contribution < -0.4 is 5.32 Å². The molecule has 8 nitrogen and oxygen atoms in total. The van der Waals surface area contributed by atoms with E-state index in [-0.39, 0.29) is 12.4 Å². The lowest BCUT2D eigenvalue weighted by Gasteiger charge is -2.15. The first-order valence-electron chi connectivity index (χ1n) is 7.11. The molecule has 124 valence electrons. The zero-order valence-corrected chi connectivity index (χ0v) is 13.7. The van der Waals surface area contributed by atoms with Gasteiger partial charge in [-0.1, -0.05) is 29.4 Å². The van der Waals surface area contributed by atoms with Crippen molar-refractivity contribution in [1.82, 2.24) is 5.01 Å². The summed E-state index contributed by atoms with van der Waals surface area (Å²) in [5, 5.41) is 10.4. The minimum absolute atomic E-state index is 0.0815. The van der Waals surface area contributed by atoms with E-state index in [4.69, 9.17) is 10.4 Å². The van der Waals surface area contributed by atoms with Gasteiger partial charge in [0.1, 0.15) is 12.3 Å². The van der Waals surface area contributed by atoms with Gasteiger partial charge in [-0.15, -0.1) is 0 Å². The number of aryl methyl sites for hydroxylation is 1. The molecule has 0 radical (unpaired) electrons. The van der Waals surface area contributed by atoms with Gasteiger partial charge < -0.3 is 10.2 Å². The lowest BCUT2D eigenvalue weighted by Crippen LogP contribution is -2.26. The summed E-state index contributed by atoms with van der Waals surface area (Å²) in [7, 11) is 1.37. The summed E-state index contributed by atoms with van der Waals surface area (Å²) in [6, 6.07) is 4.85. The number of nitrogens with zero attached hydrogens (tertiary/aromatic N) is 3. The van der Waals surface area contributed by atoms with Crippen molar-refractivity contribution in [3.05, 3.63) is 29.3 Å². The fourth-order valence-electron chi connectivity index (χ4n) is 1.75. The van der Waals surface area contributed by atoms with E-state index in [1.54, 1.807) is 26.0 Å². The fourth-order valence-corrected chi connectivity index (χ4v) is 1.75. The van der Waals surface area contributed by atoms with Crippen LogP contribution in [0.1, 0.15) is 31.4 Å². The molecule has 0 unspecified atom stereocenters. The van der Waals surface area contributed by atoms with Crippen molar-refractivity contribution in [3.63, 3.8) is 0 Å². The molecule has 8 heteroatoms. The van der Waals surface area contributed by atoms with Gasteiger partial charge in [0.25, 0.3) is 0 Å². The highest BCUT2D eigenvalue weighted by atomic mass is 16.6. The number of urea groups is 1. The Morgan fingerprint density at radius 1 is 1.39 bits per heavy atom. The molecule has 0 aromatic heterocycles. The van der Waals surface area contributed by atoms with Crippen molar-refractivity contribution in [3.8, 4) is 0 Å². The molecular formula is C15H21N5O3. The summed E-state index contributed by atoms with van der Waals surface area (Å²) in [5.41, 5.74) is 9.32. The van der Waals surface area contributed by atoms with E-state index >= 15 is 0 Å². The minimum atomic E-state index is -0.535. The zero-order valence-electron chi connectivity index (χ0n) is 13.7. The molecule has 1 aromatic carbocycles. The number of hydrogen-bond acceptors (Lipinski definition) is 6. The summed E-state index contributed by atoms with van der Waals surface area (Å²) in [6.45, 7) is 5.33. The number of rotatable bonds is 7. The maximum Gasteiger partial charge on any atom is 0.343 e. The number of hydrogen-bond donors (Lipinski definition) is 2. The van der Waals surface area contributed by atoms with Crippen molar-refractivity contribution in [2.45, 2.75) is 33.8 Å². The molecule has 1 rings (SSSR count). The second kappa shape index (κ2) is 8.62. The molecule has 0 aliphatic carbocycles. The molecule has 0 fully saturated rings. The molecule has 0 saturated heterocycles. The van der Waals surface area contributed by atoms with E-state index in [2.05, 4.69) is 15.7 Å². The van der Waals surface area contributed by atoms with Gasteiger partial charge in [0.15, 0.2) is 5.78 Å². The molecule has 23 heavy (non-hydrogen) atoms. The molecular weight excluding hydrogens is 298 g/mol. The van der Waals surface area contributed by atoms with Gasteiger partial charge in [0, 0.05) is 24.7 Å². The first kappa shape index (κ1) is 18.3. The molecule has 0 saturated carbocycles. The van der Waals surface area contributed by atoms with Crippen molar-refractivity contribution in [1.29, 1.82) is 5.53 Å². The Kier molecular flexibility index (Phi) is 6.85. The van der Waals surface area contributed by atoms with Crippen molar-refractivity contribution in [2.75, 3.05) is 12.4 Å². The van der Waals surface area contributed by atoms with E-state index in [1.165, 1.54) is 7.05 Å². The third-order valence-corrected chi connectivity index (χ3v) is 3.23. The van der Waals surface area contributed by atoms with Gasteiger partial charge in [-0.2, -0.15) is 10.5 Å². The normalized spacial score (nSPS) is 10.9. The Morgan fingerprint density at radius 3 is 2.70 bits per heavy atom. The van der Waals surface area contributed by atoms with Crippen LogP contribution in [0.5, 0.6) is 0 Å². The maximum absolute atomic E-state index is 11.8. The molecule has 0 heterocycles. The van der Waals surface area contributed by atoms with E-state index in [0.717, 1.165) is 16.1 Å². The third-order valence-electron chi connectivity index (χ3n) is 3.23. The standard InChI is InChI=1S/C15H21N5O3/c1-5-14(21)11(3)18-23-9-12-10(2)7-6-8-13(12)17-15(22)20(4)19-16/h6-8,16H,5,9H2,1-4H3,(H,17,22)/b18-11+,19-16?. The van der Waals surface area contributed by atoms with E-state index in [0.29, 0.717) is 17.8 Å². The average molecular weight is 319 g/mol. The number of carbonyl (C=O) groups is 2. The van der Waals surface area contributed by atoms with Crippen LogP contribution in [-0.4, -0.2) is 29.6 Å². The molecule has 1 aromatic rings. The zero-order chi connectivity index (χ0) is 17.4. The minimum Gasteiger partial charge on any atom is -0.391 e. The highest BCUT2D eigenvalue weighted by molar-refractivity contribution is 6.38. The molecule has 0 aliphatic rings. The number of oxime groups is 1. The fraction of sp³-hybridized carbons (Fsp3) is 0.400. The topological polar surface area (TPSA) is 107 Å². The first-order valence-corrected chi connectivity index (χ1v) is 7.11.